The van der Waals surface area contributed by atoms with Crippen LogP contribution in [0.2, 0.25) is 0 Å². The maximum Gasteiger partial charge on any atom is 0.322 e. The number of hydrogen-bond donors (Lipinski definition) is 4. The molecule has 0 aliphatic heterocycles. The van der Waals surface area contributed by atoms with E-state index in [1.54, 1.807) is 30.5 Å². The van der Waals surface area contributed by atoms with Crippen molar-refractivity contribution in [3.05, 3.63) is 108 Å². The minimum absolute atomic E-state index is 0.00366. The maximum absolute atomic E-state index is 13.0. The fourth-order valence-electron chi connectivity index (χ4n) is 4.34. The van der Waals surface area contributed by atoms with E-state index in [2.05, 4.69) is 41.7 Å². The van der Waals surface area contributed by atoms with Crippen molar-refractivity contribution in [3.8, 4) is 11.3 Å². The molecule has 0 saturated heterocycles. The molecule has 5 rings (SSSR count). The van der Waals surface area contributed by atoms with Crippen LogP contribution < -0.4 is 16.0 Å². The number of carboxylic acid groups (broad SMARTS) is 1. The van der Waals surface area contributed by atoms with E-state index in [4.69, 9.17) is 10.1 Å². The molecule has 0 unspecified atom stereocenters. The van der Waals surface area contributed by atoms with Gasteiger partial charge >= 0.3 is 5.97 Å². The number of aliphatic carboxylic acids is 1. The Kier molecular flexibility index (Phi) is 7.70. The molecule has 10 nitrogen and oxygen atoms in total. The lowest BCUT2D eigenvalue weighted by Crippen LogP contribution is -2.29. The van der Waals surface area contributed by atoms with E-state index in [1.165, 1.54) is 0 Å². The first-order valence-corrected chi connectivity index (χ1v) is 13.3. The van der Waals surface area contributed by atoms with Crippen molar-refractivity contribution in [1.29, 1.82) is 0 Å². The van der Waals surface area contributed by atoms with Gasteiger partial charge in [-0.2, -0.15) is 0 Å². The van der Waals surface area contributed by atoms with Crippen LogP contribution in [0, 0.1) is 0 Å². The van der Waals surface area contributed by atoms with Gasteiger partial charge in [0.05, 0.1) is 5.69 Å². The van der Waals surface area contributed by atoms with Crippen molar-refractivity contribution in [2.75, 3.05) is 17.2 Å². The largest absolute Gasteiger partial charge is 0.480 e. The van der Waals surface area contributed by atoms with Gasteiger partial charge < -0.3 is 25.5 Å². The molecule has 0 aliphatic rings. The summed E-state index contributed by atoms with van der Waals surface area (Å²) in [6, 6.07) is 21.7. The second-order valence-electron chi connectivity index (χ2n) is 10.8. The highest BCUT2D eigenvalue weighted by Crippen LogP contribution is 2.27. The average Bonchev–Trinajstić information content (AvgIpc) is 3.45. The molecule has 3 aromatic carbocycles. The van der Waals surface area contributed by atoms with E-state index in [0.717, 1.165) is 11.1 Å². The number of imidazole rings is 1. The van der Waals surface area contributed by atoms with Crippen LogP contribution in [0.3, 0.4) is 0 Å². The Bertz CT molecular complexity index is 1770. The van der Waals surface area contributed by atoms with Crippen molar-refractivity contribution in [1.82, 2.24) is 19.7 Å². The fourth-order valence-corrected chi connectivity index (χ4v) is 4.34. The quantitative estimate of drug-likeness (QED) is 0.196. The highest BCUT2D eigenvalue weighted by molar-refractivity contribution is 6.04. The zero-order valence-electron chi connectivity index (χ0n) is 23.4. The molecule has 4 N–H and O–H groups in total. The molecule has 0 radical (unpaired) electrons. The Morgan fingerprint density at radius 1 is 0.881 bits per heavy atom. The summed E-state index contributed by atoms with van der Waals surface area (Å²) >= 11 is 0. The van der Waals surface area contributed by atoms with Crippen LogP contribution in [-0.4, -0.2) is 43.8 Å². The number of carbonyl (C=O) groups excluding carboxylic acids is 2. The van der Waals surface area contributed by atoms with E-state index < -0.39 is 18.4 Å². The molecule has 2 amide bonds. The van der Waals surface area contributed by atoms with Crippen LogP contribution in [0.25, 0.3) is 16.9 Å². The number of benzene rings is 3. The van der Waals surface area contributed by atoms with Crippen LogP contribution in [0.5, 0.6) is 0 Å². The van der Waals surface area contributed by atoms with Crippen LogP contribution in [-0.2, 0) is 10.2 Å². The predicted molar refractivity (Wildman–Crippen MR) is 161 cm³/mol. The molecule has 0 atom stereocenters. The summed E-state index contributed by atoms with van der Waals surface area (Å²) < 4.78 is 1.85. The van der Waals surface area contributed by atoms with E-state index >= 15 is 0 Å². The standard InChI is InChI=1S/C32H30N6O4/c1-32(2,3)23-11-7-21(8-12-23)31(42)36-25-6-4-5-22(17-25)26-19-38-16-15-33-29(38)28(37-26)35-24-13-9-20(10-14-24)30(41)34-18-27(39)40/h4-17,19H,18H2,1-3H3,(H,34,41)(H,35,37)(H,36,42)(H,39,40). The number of amides is 2. The van der Waals surface area contributed by atoms with Crippen LogP contribution in [0.4, 0.5) is 17.2 Å². The zero-order chi connectivity index (χ0) is 29.9. The van der Waals surface area contributed by atoms with Crippen molar-refractivity contribution in [2.45, 2.75) is 26.2 Å². The Morgan fingerprint density at radius 3 is 2.26 bits per heavy atom. The predicted octanol–water partition coefficient (Wildman–Crippen LogP) is 5.50. The highest BCUT2D eigenvalue weighted by Gasteiger charge is 2.15. The van der Waals surface area contributed by atoms with Gasteiger partial charge in [0.2, 0.25) is 0 Å². The van der Waals surface area contributed by atoms with Gasteiger partial charge in [0.25, 0.3) is 11.8 Å². The number of nitrogens with zero attached hydrogens (tertiary/aromatic N) is 3. The van der Waals surface area contributed by atoms with Crippen LogP contribution >= 0.6 is 0 Å². The van der Waals surface area contributed by atoms with Crippen LogP contribution in [0.15, 0.2) is 91.4 Å². The number of hydrogen-bond acceptors (Lipinski definition) is 6. The Balaban J connectivity index is 1.36. The van der Waals surface area contributed by atoms with E-state index in [9.17, 15) is 14.4 Å². The average molecular weight is 563 g/mol. The Labute approximate surface area is 242 Å². The van der Waals surface area contributed by atoms with Gasteiger partial charge in [0.1, 0.15) is 6.54 Å². The molecule has 42 heavy (non-hydrogen) atoms. The monoisotopic (exact) mass is 562 g/mol. The second kappa shape index (κ2) is 11.5. The summed E-state index contributed by atoms with van der Waals surface area (Å²) in [4.78, 5) is 45.0. The van der Waals surface area contributed by atoms with E-state index in [0.29, 0.717) is 39.7 Å². The van der Waals surface area contributed by atoms with Crippen molar-refractivity contribution in [3.63, 3.8) is 0 Å². The lowest BCUT2D eigenvalue weighted by atomic mass is 9.87. The third kappa shape index (κ3) is 6.44. The summed E-state index contributed by atoms with van der Waals surface area (Å²) in [5.41, 5.74) is 5.41. The maximum atomic E-state index is 13.0. The molecular formula is C32H30N6O4. The van der Waals surface area contributed by atoms with Gasteiger partial charge in [0, 0.05) is 46.7 Å². The highest BCUT2D eigenvalue weighted by atomic mass is 16.4. The molecule has 0 fully saturated rings. The number of anilines is 3. The summed E-state index contributed by atoms with van der Waals surface area (Å²) in [6.07, 6.45) is 5.34. The number of nitrogens with one attached hydrogen (secondary N) is 3. The molecular weight excluding hydrogens is 532 g/mol. The molecule has 0 spiro atoms. The number of aromatic nitrogens is 3. The zero-order valence-corrected chi connectivity index (χ0v) is 23.4. The fraction of sp³-hybridized carbons (Fsp3) is 0.156. The number of carbonyl (C=O) groups is 3. The number of carboxylic acids is 1. The van der Waals surface area contributed by atoms with Gasteiger partial charge in [0.15, 0.2) is 11.5 Å². The van der Waals surface area contributed by atoms with Gasteiger partial charge in [-0.3, -0.25) is 14.4 Å². The lowest BCUT2D eigenvalue weighted by Gasteiger charge is -2.19. The van der Waals surface area contributed by atoms with Gasteiger partial charge in [-0.1, -0.05) is 45.0 Å². The number of rotatable bonds is 8. The van der Waals surface area contributed by atoms with Crippen LogP contribution in [0.1, 0.15) is 47.1 Å². The minimum atomic E-state index is -1.12. The van der Waals surface area contributed by atoms with Crippen molar-refractivity contribution < 1.29 is 19.5 Å². The van der Waals surface area contributed by atoms with Gasteiger partial charge in [-0.15, -0.1) is 0 Å². The third-order valence-electron chi connectivity index (χ3n) is 6.61. The molecule has 0 aliphatic carbocycles. The second-order valence-corrected chi connectivity index (χ2v) is 10.8. The summed E-state index contributed by atoms with van der Waals surface area (Å²) in [5, 5.41) is 17.3. The van der Waals surface area contributed by atoms with E-state index in [-0.39, 0.29) is 11.3 Å². The Morgan fingerprint density at radius 2 is 1.57 bits per heavy atom. The summed E-state index contributed by atoms with van der Waals surface area (Å²) in [5.74, 6) is -1.30. The third-order valence-corrected chi connectivity index (χ3v) is 6.61. The first-order chi connectivity index (χ1) is 20.1. The minimum Gasteiger partial charge on any atom is -0.480 e. The number of fused-ring (bicyclic) bond motifs is 1. The van der Waals surface area contributed by atoms with Crippen molar-refractivity contribution in [2.24, 2.45) is 0 Å². The topological polar surface area (TPSA) is 138 Å². The molecule has 10 heteroatoms. The van der Waals surface area contributed by atoms with Gasteiger partial charge in [-0.25, -0.2) is 9.97 Å². The molecule has 0 bridgehead atoms. The van der Waals surface area contributed by atoms with Gasteiger partial charge in [-0.05, 0) is 59.5 Å². The summed E-state index contributed by atoms with van der Waals surface area (Å²) in [6.45, 7) is 5.94. The lowest BCUT2D eigenvalue weighted by molar-refractivity contribution is -0.135. The normalized spacial score (nSPS) is 11.2. The molecule has 0 saturated carbocycles. The summed E-state index contributed by atoms with van der Waals surface area (Å²) in [7, 11) is 0. The smallest absolute Gasteiger partial charge is 0.322 e. The first-order valence-electron chi connectivity index (χ1n) is 13.3. The molecule has 212 valence electrons. The molecule has 2 aromatic heterocycles. The SMILES string of the molecule is CC(C)(C)c1ccc(C(=O)Nc2cccc(-c3cn4ccnc4c(Nc4ccc(C(=O)NCC(=O)O)cc4)n3)c2)cc1. The first kappa shape index (κ1) is 28.0. The van der Waals surface area contributed by atoms with Crippen molar-refractivity contribution >= 4 is 40.6 Å². The molecule has 2 heterocycles. The van der Waals surface area contributed by atoms with E-state index in [1.807, 2.05) is 65.3 Å². The Hall–Kier alpha value is -5.51. The molecule has 5 aromatic rings.